The maximum Gasteiger partial charge on any atom is 0.322 e. The number of hydrogen-bond donors (Lipinski definition) is 2. The van der Waals surface area contributed by atoms with Crippen LogP contribution in [-0.4, -0.2) is 35.6 Å². The fourth-order valence-corrected chi connectivity index (χ4v) is 3.65. The van der Waals surface area contributed by atoms with Crippen molar-refractivity contribution in [3.63, 3.8) is 0 Å². The predicted molar refractivity (Wildman–Crippen MR) is 157 cm³/mol. The van der Waals surface area contributed by atoms with Gasteiger partial charge in [-0.3, -0.25) is 14.4 Å². The number of unbranched alkanes of at least 4 members (excludes halogenated alkanes) is 4. The number of allylic oxidation sites excluding steroid dienone is 9. The zero-order valence-electron chi connectivity index (χ0n) is 23.7. The van der Waals surface area contributed by atoms with Crippen LogP contribution >= 0.6 is 0 Å². The highest BCUT2D eigenvalue weighted by molar-refractivity contribution is 5.80. The molecule has 214 valence electrons. The molecular weight excluding hydrogens is 478 g/mol. The fourth-order valence-electron chi connectivity index (χ4n) is 3.65. The number of carboxylic acid groups (broad SMARTS) is 1. The van der Waals surface area contributed by atoms with Crippen LogP contribution in [0.3, 0.4) is 0 Å². The van der Waals surface area contributed by atoms with Crippen molar-refractivity contribution in [2.24, 2.45) is 0 Å². The van der Waals surface area contributed by atoms with Crippen LogP contribution in [0.2, 0.25) is 0 Å². The molecule has 0 radical (unpaired) electrons. The Hall–Kier alpha value is -2.89. The van der Waals surface area contributed by atoms with Gasteiger partial charge in [-0.15, -0.1) is 0 Å². The maximum atomic E-state index is 12.3. The van der Waals surface area contributed by atoms with Crippen LogP contribution in [0.25, 0.3) is 0 Å². The van der Waals surface area contributed by atoms with Crippen LogP contribution in [0, 0.1) is 0 Å². The molecule has 0 aromatic heterocycles. The quantitative estimate of drug-likeness (QED) is 0.0757. The van der Waals surface area contributed by atoms with E-state index >= 15 is 0 Å². The summed E-state index contributed by atoms with van der Waals surface area (Å²) in [6, 6.07) is 0. The number of hydrogen-bond acceptors (Lipinski definition) is 4. The number of carboxylic acids is 1. The Morgan fingerprint density at radius 2 is 1.24 bits per heavy atom. The first-order chi connectivity index (χ1) is 18.5. The lowest BCUT2D eigenvalue weighted by molar-refractivity contribution is -0.148. The van der Waals surface area contributed by atoms with E-state index in [1.54, 1.807) is 0 Å². The summed E-state index contributed by atoms with van der Waals surface area (Å²) < 4.78 is 5.74. The minimum Gasteiger partial charge on any atom is -0.480 e. The highest BCUT2D eigenvalue weighted by atomic mass is 16.5. The van der Waals surface area contributed by atoms with E-state index in [4.69, 9.17) is 9.84 Å². The Bertz CT molecular complexity index is 764. The van der Waals surface area contributed by atoms with Crippen LogP contribution in [-0.2, 0) is 19.1 Å². The van der Waals surface area contributed by atoms with Gasteiger partial charge in [-0.1, -0.05) is 93.9 Å². The summed E-state index contributed by atoms with van der Waals surface area (Å²) in [7, 11) is 0. The third-order valence-electron chi connectivity index (χ3n) is 5.74. The molecule has 0 aromatic rings. The van der Waals surface area contributed by atoms with E-state index in [1.807, 2.05) is 12.2 Å². The molecule has 0 spiro atoms. The minimum atomic E-state index is -1.04. The van der Waals surface area contributed by atoms with Crippen molar-refractivity contribution in [2.75, 3.05) is 6.54 Å². The lowest BCUT2D eigenvalue weighted by Gasteiger charge is -2.17. The lowest BCUT2D eigenvalue weighted by Crippen LogP contribution is -2.28. The van der Waals surface area contributed by atoms with Crippen molar-refractivity contribution in [3.05, 3.63) is 60.8 Å². The SMILES string of the molecule is CC/C=C\C/C=C\C/C=C\C/C=C\C/C=C\CC(=O)OC(CCCCC)CCCCCC(=O)NCC(=O)O. The molecule has 1 amide bonds. The van der Waals surface area contributed by atoms with E-state index in [0.29, 0.717) is 12.8 Å². The smallest absolute Gasteiger partial charge is 0.322 e. The molecule has 1 atom stereocenters. The van der Waals surface area contributed by atoms with Gasteiger partial charge in [-0.25, -0.2) is 0 Å². The van der Waals surface area contributed by atoms with E-state index in [1.165, 1.54) is 0 Å². The molecule has 2 N–H and O–H groups in total. The highest BCUT2D eigenvalue weighted by Gasteiger charge is 2.13. The second-order valence-electron chi connectivity index (χ2n) is 9.29. The van der Waals surface area contributed by atoms with Gasteiger partial charge in [0, 0.05) is 6.42 Å². The van der Waals surface area contributed by atoms with Gasteiger partial charge in [0.25, 0.3) is 0 Å². The fraction of sp³-hybridized carbons (Fsp3) is 0.594. The summed E-state index contributed by atoms with van der Waals surface area (Å²) in [5, 5.41) is 11.0. The summed E-state index contributed by atoms with van der Waals surface area (Å²) in [5.74, 6) is -1.48. The number of carbonyl (C=O) groups is 3. The summed E-state index contributed by atoms with van der Waals surface area (Å²) >= 11 is 0. The molecule has 1 unspecified atom stereocenters. The first-order valence-electron chi connectivity index (χ1n) is 14.4. The van der Waals surface area contributed by atoms with Crippen LogP contribution in [0.5, 0.6) is 0 Å². The molecule has 0 bridgehead atoms. The van der Waals surface area contributed by atoms with Crippen molar-refractivity contribution < 1.29 is 24.2 Å². The van der Waals surface area contributed by atoms with Gasteiger partial charge in [0.1, 0.15) is 12.6 Å². The van der Waals surface area contributed by atoms with Crippen LogP contribution < -0.4 is 5.32 Å². The molecule has 0 aliphatic heterocycles. The lowest BCUT2D eigenvalue weighted by atomic mass is 10.0. The summed E-state index contributed by atoms with van der Waals surface area (Å²) in [6.45, 7) is 3.95. The molecule has 0 aromatic carbocycles. The molecular formula is C32H51NO5. The van der Waals surface area contributed by atoms with Gasteiger partial charge >= 0.3 is 11.9 Å². The first kappa shape index (κ1) is 35.1. The molecule has 0 saturated heterocycles. The van der Waals surface area contributed by atoms with E-state index in [-0.39, 0.29) is 30.9 Å². The summed E-state index contributed by atoms with van der Waals surface area (Å²) in [4.78, 5) is 34.4. The summed E-state index contributed by atoms with van der Waals surface area (Å²) in [6.07, 6.45) is 33.8. The Labute approximate surface area is 231 Å². The van der Waals surface area contributed by atoms with E-state index in [0.717, 1.165) is 77.0 Å². The number of nitrogens with one attached hydrogen (secondary N) is 1. The Morgan fingerprint density at radius 3 is 1.76 bits per heavy atom. The average Bonchev–Trinajstić information content (AvgIpc) is 2.89. The van der Waals surface area contributed by atoms with Crippen molar-refractivity contribution >= 4 is 17.8 Å². The predicted octanol–water partition coefficient (Wildman–Crippen LogP) is 7.77. The van der Waals surface area contributed by atoms with E-state index in [9.17, 15) is 14.4 Å². The number of esters is 1. The third kappa shape index (κ3) is 26.2. The first-order valence-corrected chi connectivity index (χ1v) is 14.4. The van der Waals surface area contributed by atoms with Gasteiger partial charge in [0.15, 0.2) is 0 Å². The molecule has 0 aliphatic rings. The van der Waals surface area contributed by atoms with Crippen LogP contribution in [0.1, 0.15) is 110 Å². The van der Waals surface area contributed by atoms with Crippen molar-refractivity contribution in [2.45, 2.75) is 116 Å². The zero-order valence-corrected chi connectivity index (χ0v) is 23.7. The largest absolute Gasteiger partial charge is 0.480 e. The van der Waals surface area contributed by atoms with Gasteiger partial charge in [0.05, 0.1) is 6.42 Å². The normalized spacial score (nSPS) is 12.9. The molecule has 0 fully saturated rings. The van der Waals surface area contributed by atoms with Gasteiger partial charge in [-0.2, -0.15) is 0 Å². The highest BCUT2D eigenvalue weighted by Crippen LogP contribution is 2.16. The van der Waals surface area contributed by atoms with Crippen molar-refractivity contribution in [1.82, 2.24) is 5.32 Å². The standard InChI is InChI=1S/C32H51NO5/c1-3-5-7-8-9-10-11-12-13-14-15-16-17-18-23-27-32(37)38-29(24-20-6-4-2)25-21-19-22-26-30(34)33-28-31(35)36/h5,7,9-10,12-13,15-16,18,23,29H,3-4,6,8,11,14,17,19-22,24-28H2,1-2H3,(H,33,34)(H,35,36)/b7-5-,10-9-,13-12-,16-15-,23-18-. The zero-order chi connectivity index (χ0) is 28.1. The number of rotatable bonds is 24. The summed E-state index contributed by atoms with van der Waals surface area (Å²) in [5.41, 5.74) is 0. The second kappa shape index (κ2) is 27.2. The Morgan fingerprint density at radius 1 is 0.711 bits per heavy atom. The van der Waals surface area contributed by atoms with Crippen molar-refractivity contribution in [1.29, 1.82) is 0 Å². The van der Waals surface area contributed by atoms with Crippen molar-refractivity contribution in [3.8, 4) is 0 Å². The average molecular weight is 530 g/mol. The number of aliphatic carboxylic acids is 1. The minimum absolute atomic E-state index is 0.0855. The maximum absolute atomic E-state index is 12.3. The molecule has 6 heteroatoms. The van der Waals surface area contributed by atoms with Crippen LogP contribution in [0.15, 0.2) is 60.8 Å². The molecule has 0 heterocycles. The molecule has 0 saturated carbocycles. The van der Waals surface area contributed by atoms with E-state index in [2.05, 4.69) is 67.8 Å². The second-order valence-corrected chi connectivity index (χ2v) is 9.29. The Balaban J connectivity index is 4.11. The third-order valence-corrected chi connectivity index (χ3v) is 5.74. The number of ether oxygens (including phenoxy) is 1. The molecule has 0 aliphatic carbocycles. The number of amides is 1. The van der Waals surface area contributed by atoms with Gasteiger partial charge < -0.3 is 15.2 Å². The monoisotopic (exact) mass is 529 g/mol. The molecule has 0 rings (SSSR count). The topological polar surface area (TPSA) is 92.7 Å². The molecule has 38 heavy (non-hydrogen) atoms. The Kier molecular flexibility index (Phi) is 25.1. The van der Waals surface area contributed by atoms with E-state index < -0.39 is 5.97 Å². The number of carbonyl (C=O) groups excluding carboxylic acids is 2. The molecule has 6 nitrogen and oxygen atoms in total. The van der Waals surface area contributed by atoms with Gasteiger partial charge in [0.2, 0.25) is 5.91 Å². The van der Waals surface area contributed by atoms with Crippen LogP contribution in [0.4, 0.5) is 0 Å². The van der Waals surface area contributed by atoms with Gasteiger partial charge in [-0.05, 0) is 64.2 Å².